The van der Waals surface area contributed by atoms with Crippen molar-refractivity contribution in [3.8, 4) is 0 Å². The van der Waals surface area contributed by atoms with Crippen molar-refractivity contribution in [1.82, 2.24) is 4.90 Å². The lowest BCUT2D eigenvalue weighted by Gasteiger charge is -2.37. The van der Waals surface area contributed by atoms with Gasteiger partial charge < -0.3 is 0 Å². The number of nitrogens with zero attached hydrogens (tertiary/aromatic N) is 3. The van der Waals surface area contributed by atoms with Crippen LogP contribution < -0.4 is 4.90 Å². The number of imide groups is 1. The normalized spacial score (nSPS) is 29.7. The second-order valence-corrected chi connectivity index (χ2v) is 10.2. The van der Waals surface area contributed by atoms with Crippen LogP contribution in [0.4, 0.5) is 11.4 Å². The Hall–Kier alpha value is -3.81. The fourth-order valence-electron chi connectivity index (χ4n) is 6.47. The Kier molecular flexibility index (Phi) is 4.71. The minimum atomic E-state index is -0.550. The minimum Gasteiger partial charge on any atom is -0.289 e. The number of benzene rings is 2. The Balaban J connectivity index is 1.38. The predicted molar refractivity (Wildman–Crippen MR) is 127 cm³/mol. The standard InChI is InChI=1S/C27H25N3O5/c1-14-6-7-15(2)22(10-14)28(25(31)16-4-3-5-17(11-16)30(34)35)13-29-26(32)23-18-8-9-19(21-12-20(18)21)24(23)27(29)33/h3-11,18-21,23-24H,12-13H2,1-2H3. The van der Waals surface area contributed by atoms with Gasteiger partial charge in [-0.2, -0.15) is 0 Å². The van der Waals surface area contributed by atoms with Gasteiger partial charge in [-0.15, -0.1) is 0 Å². The van der Waals surface area contributed by atoms with Gasteiger partial charge in [-0.3, -0.25) is 34.3 Å². The van der Waals surface area contributed by atoms with Crippen LogP contribution in [-0.4, -0.2) is 34.2 Å². The summed E-state index contributed by atoms with van der Waals surface area (Å²) in [5.74, 6) is -0.463. The molecule has 1 saturated heterocycles. The van der Waals surface area contributed by atoms with E-state index in [9.17, 15) is 24.5 Å². The molecule has 8 heteroatoms. The number of allylic oxidation sites excluding steroid dienone is 2. The van der Waals surface area contributed by atoms with E-state index in [2.05, 4.69) is 12.2 Å². The highest BCUT2D eigenvalue weighted by Gasteiger charge is 2.67. The van der Waals surface area contributed by atoms with E-state index in [-0.39, 0.29) is 53.4 Å². The lowest BCUT2D eigenvalue weighted by molar-refractivity contribution is -0.384. The molecule has 8 nitrogen and oxygen atoms in total. The molecule has 2 aromatic carbocycles. The van der Waals surface area contributed by atoms with E-state index in [0.29, 0.717) is 17.5 Å². The smallest absolute Gasteiger partial charge is 0.270 e. The average Bonchev–Trinajstić information content (AvgIpc) is 3.64. The molecule has 0 aromatic heterocycles. The Labute approximate surface area is 202 Å². The number of nitro groups is 1. The van der Waals surface area contributed by atoms with Gasteiger partial charge in [0.1, 0.15) is 6.67 Å². The monoisotopic (exact) mass is 471 g/mol. The van der Waals surface area contributed by atoms with Gasteiger partial charge in [0.05, 0.1) is 16.8 Å². The predicted octanol–water partition coefficient (Wildman–Crippen LogP) is 3.87. The number of likely N-dealkylation sites (tertiary alicyclic amines) is 1. The lowest BCUT2D eigenvalue weighted by atomic mass is 9.63. The molecule has 2 bridgehead atoms. The molecule has 4 aliphatic carbocycles. The molecule has 3 fully saturated rings. The van der Waals surface area contributed by atoms with E-state index in [1.165, 1.54) is 34.1 Å². The van der Waals surface area contributed by atoms with Crippen LogP contribution in [0.25, 0.3) is 0 Å². The summed E-state index contributed by atoms with van der Waals surface area (Å²) in [6.45, 7) is 3.54. The first-order valence-electron chi connectivity index (χ1n) is 11.9. The number of rotatable bonds is 5. The zero-order valence-electron chi connectivity index (χ0n) is 19.5. The molecule has 35 heavy (non-hydrogen) atoms. The second-order valence-electron chi connectivity index (χ2n) is 10.2. The van der Waals surface area contributed by atoms with Crippen molar-refractivity contribution in [1.29, 1.82) is 0 Å². The van der Waals surface area contributed by atoms with Crippen molar-refractivity contribution in [2.24, 2.45) is 35.5 Å². The van der Waals surface area contributed by atoms with E-state index < -0.39 is 10.8 Å². The van der Waals surface area contributed by atoms with Crippen LogP contribution in [0, 0.1) is 59.5 Å². The van der Waals surface area contributed by atoms with Crippen LogP contribution in [0.15, 0.2) is 54.6 Å². The van der Waals surface area contributed by atoms with Crippen molar-refractivity contribution in [3.63, 3.8) is 0 Å². The van der Waals surface area contributed by atoms with Crippen LogP contribution in [0.1, 0.15) is 27.9 Å². The summed E-state index contributed by atoms with van der Waals surface area (Å²) in [6, 6.07) is 11.2. The Morgan fingerprint density at radius 1 is 1.03 bits per heavy atom. The number of nitro benzene ring substituents is 1. The molecule has 178 valence electrons. The third-order valence-electron chi connectivity index (χ3n) is 8.24. The Morgan fingerprint density at radius 3 is 2.31 bits per heavy atom. The van der Waals surface area contributed by atoms with Gasteiger partial charge in [0, 0.05) is 23.4 Å². The van der Waals surface area contributed by atoms with E-state index >= 15 is 0 Å². The van der Waals surface area contributed by atoms with Crippen molar-refractivity contribution in [2.75, 3.05) is 11.6 Å². The highest BCUT2D eigenvalue weighted by Crippen LogP contribution is 2.65. The highest BCUT2D eigenvalue weighted by atomic mass is 16.6. The van der Waals surface area contributed by atoms with Gasteiger partial charge in [0.15, 0.2) is 0 Å². The maximum Gasteiger partial charge on any atom is 0.270 e. The zero-order chi connectivity index (χ0) is 24.6. The molecule has 7 rings (SSSR count). The van der Waals surface area contributed by atoms with Gasteiger partial charge in [0.25, 0.3) is 11.6 Å². The quantitative estimate of drug-likeness (QED) is 0.285. The fraction of sp³-hybridized carbons (Fsp3) is 0.370. The SMILES string of the molecule is Cc1ccc(C)c(N(CN2C(=O)C3C4C=CC(C5CC45)C3C2=O)C(=O)c2cccc([N+](=O)[O-])c2)c1. The summed E-state index contributed by atoms with van der Waals surface area (Å²) in [6.07, 6.45) is 5.31. The number of non-ortho nitro benzene ring substituents is 1. The molecular formula is C27H25N3O5. The van der Waals surface area contributed by atoms with E-state index in [4.69, 9.17) is 0 Å². The van der Waals surface area contributed by atoms with Gasteiger partial charge in [-0.25, -0.2) is 0 Å². The number of carbonyl (C=O) groups is 3. The van der Waals surface area contributed by atoms with Crippen LogP contribution in [0.5, 0.6) is 0 Å². The average molecular weight is 472 g/mol. The number of anilines is 1. The first-order valence-corrected chi connectivity index (χ1v) is 11.9. The molecule has 1 aliphatic heterocycles. The third-order valence-corrected chi connectivity index (χ3v) is 8.24. The van der Waals surface area contributed by atoms with Gasteiger partial charge in [0.2, 0.25) is 11.8 Å². The molecule has 1 heterocycles. The first kappa shape index (κ1) is 21.7. The molecule has 0 N–H and O–H groups in total. The molecule has 5 aliphatic rings. The third kappa shape index (κ3) is 3.23. The van der Waals surface area contributed by atoms with Crippen molar-refractivity contribution < 1.29 is 19.3 Å². The van der Waals surface area contributed by atoms with E-state index in [0.717, 1.165) is 17.5 Å². The van der Waals surface area contributed by atoms with E-state index in [1.54, 1.807) is 0 Å². The number of aryl methyl sites for hydroxylation is 2. The topological polar surface area (TPSA) is 101 Å². The van der Waals surface area contributed by atoms with E-state index in [1.807, 2.05) is 32.0 Å². The molecule has 2 aromatic rings. The van der Waals surface area contributed by atoms with Crippen LogP contribution >= 0.6 is 0 Å². The number of hydrogen-bond donors (Lipinski definition) is 0. The zero-order valence-corrected chi connectivity index (χ0v) is 19.5. The molecule has 6 unspecified atom stereocenters. The number of hydrogen-bond acceptors (Lipinski definition) is 5. The molecular weight excluding hydrogens is 446 g/mol. The maximum atomic E-state index is 13.7. The summed E-state index contributed by atoms with van der Waals surface area (Å²) in [7, 11) is 0. The number of carbonyl (C=O) groups excluding carboxylic acids is 3. The van der Waals surface area contributed by atoms with Gasteiger partial charge >= 0.3 is 0 Å². The van der Waals surface area contributed by atoms with Gasteiger partial charge in [-0.1, -0.05) is 30.4 Å². The second kappa shape index (κ2) is 7.60. The summed E-state index contributed by atoms with van der Waals surface area (Å²) in [5, 5.41) is 11.3. The lowest BCUT2D eigenvalue weighted by Crippen LogP contribution is -2.45. The summed E-state index contributed by atoms with van der Waals surface area (Å²) < 4.78 is 0. The Bertz CT molecular complexity index is 1300. The highest BCUT2D eigenvalue weighted by molar-refractivity contribution is 6.10. The number of amides is 3. The van der Waals surface area contributed by atoms with Crippen LogP contribution in [0.3, 0.4) is 0 Å². The Morgan fingerprint density at radius 2 is 1.69 bits per heavy atom. The van der Waals surface area contributed by atoms with Crippen molar-refractivity contribution in [2.45, 2.75) is 20.3 Å². The van der Waals surface area contributed by atoms with Crippen LogP contribution in [-0.2, 0) is 9.59 Å². The van der Waals surface area contributed by atoms with Crippen LogP contribution in [0.2, 0.25) is 0 Å². The maximum absolute atomic E-state index is 13.7. The molecule has 3 amide bonds. The summed E-state index contributed by atoms with van der Waals surface area (Å²) in [5.41, 5.74) is 2.21. The largest absolute Gasteiger partial charge is 0.289 e. The molecule has 2 saturated carbocycles. The summed E-state index contributed by atoms with van der Waals surface area (Å²) >= 11 is 0. The molecule has 6 atom stereocenters. The fourth-order valence-corrected chi connectivity index (χ4v) is 6.47. The summed E-state index contributed by atoms with van der Waals surface area (Å²) in [4.78, 5) is 54.3. The first-order chi connectivity index (χ1) is 16.8. The van der Waals surface area contributed by atoms with Crippen molar-refractivity contribution in [3.05, 3.63) is 81.4 Å². The molecule has 0 radical (unpaired) electrons. The molecule has 0 spiro atoms. The van der Waals surface area contributed by atoms with Crippen molar-refractivity contribution >= 4 is 29.1 Å². The minimum absolute atomic E-state index is 0.0954. The van der Waals surface area contributed by atoms with Gasteiger partial charge in [-0.05, 0) is 67.2 Å².